The van der Waals surface area contributed by atoms with Crippen LogP contribution in [0, 0.1) is 0 Å². The predicted octanol–water partition coefficient (Wildman–Crippen LogP) is 5.14. The van der Waals surface area contributed by atoms with Gasteiger partial charge in [0.25, 0.3) is 5.91 Å². The number of nitrogens with zero attached hydrogens (tertiary/aromatic N) is 1. The highest BCUT2D eigenvalue weighted by atomic mass is 32.2. The summed E-state index contributed by atoms with van der Waals surface area (Å²) in [4.78, 5) is 17.5. The van der Waals surface area contributed by atoms with E-state index in [0.29, 0.717) is 28.2 Å². The fourth-order valence-electron chi connectivity index (χ4n) is 3.04. The quantitative estimate of drug-likeness (QED) is 0.598. The van der Waals surface area contributed by atoms with Crippen molar-refractivity contribution >= 4 is 45.4 Å². The number of carbonyl (C=O) groups excluding carboxylic acids is 1. The Labute approximate surface area is 173 Å². The molecule has 0 aromatic heterocycles. The van der Waals surface area contributed by atoms with Crippen LogP contribution in [0.4, 0.5) is 5.69 Å². The summed E-state index contributed by atoms with van der Waals surface area (Å²) in [7, 11) is 1.60. The number of carbonyl (C=O) groups is 1. The summed E-state index contributed by atoms with van der Waals surface area (Å²) in [6, 6.07) is 19.7. The third-order valence-electron chi connectivity index (χ3n) is 4.40. The van der Waals surface area contributed by atoms with Gasteiger partial charge in [-0.15, -0.1) is 0 Å². The fraction of sp³-hybridized carbons (Fsp3) is 0.130. The lowest BCUT2D eigenvalue weighted by Gasteiger charge is -2.09. The van der Waals surface area contributed by atoms with Gasteiger partial charge >= 0.3 is 0 Å². The maximum absolute atomic E-state index is 12.4. The number of hydrogen-bond donors (Lipinski definition) is 1. The van der Waals surface area contributed by atoms with Crippen molar-refractivity contribution in [3.63, 3.8) is 0 Å². The van der Waals surface area contributed by atoms with Crippen molar-refractivity contribution in [3.05, 3.63) is 71.1 Å². The number of aliphatic imine (C=N–C) groups is 1. The zero-order valence-electron chi connectivity index (χ0n) is 16.1. The number of benzene rings is 3. The van der Waals surface area contributed by atoms with Gasteiger partial charge < -0.3 is 14.8 Å². The molecule has 29 heavy (non-hydrogen) atoms. The van der Waals surface area contributed by atoms with Gasteiger partial charge in [0.15, 0.2) is 16.7 Å². The number of nitrogens with one attached hydrogen (secondary N) is 1. The fourth-order valence-corrected chi connectivity index (χ4v) is 3.89. The SMILES string of the molecule is CCOc1ccc(/C=C2\SC(=Nc3ccc4ccccc4c3)NC2=O)cc1OC. The number of fused-ring (bicyclic) bond motifs is 1. The Hall–Kier alpha value is -3.25. The van der Waals surface area contributed by atoms with E-state index in [9.17, 15) is 4.79 Å². The van der Waals surface area contributed by atoms with Gasteiger partial charge in [0.1, 0.15) is 0 Å². The minimum atomic E-state index is -0.164. The topological polar surface area (TPSA) is 59.9 Å². The van der Waals surface area contributed by atoms with E-state index in [2.05, 4.69) is 16.4 Å². The summed E-state index contributed by atoms with van der Waals surface area (Å²) in [6.07, 6.45) is 1.82. The number of thioether (sulfide) groups is 1. The zero-order chi connectivity index (χ0) is 20.2. The Morgan fingerprint density at radius 2 is 1.86 bits per heavy atom. The van der Waals surface area contributed by atoms with Gasteiger partial charge in [0.05, 0.1) is 24.3 Å². The second-order valence-electron chi connectivity index (χ2n) is 6.36. The molecule has 5 nitrogen and oxygen atoms in total. The van der Waals surface area contributed by atoms with Crippen LogP contribution in [0.15, 0.2) is 70.6 Å². The van der Waals surface area contributed by atoms with Gasteiger partial charge in [0.2, 0.25) is 0 Å². The molecule has 4 rings (SSSR count). The molecule has 1 saturated heterocycles. The summed E-state index contributed by atoms with van der Waals surface area (Å²) in [5, 5.41) is 5.66. The Morgan fingerprint density at radius 1 is 1.03 bits per heavy atom. The Kier molecular flexibility index (Phi) is 5.53. The first-order chi connectivity index (χ1) is 14.2. The zero-order valence-corrected chi connectivity index (χ0v) is 17.0. The normalized spacial score (nSPS) is 16.4. The average molecular weight is 404 g/mol. The summed E-state index contributed by atoms with van der Waals surface area (Å²) < 4.78 is 10.9. The summed E-state index contributed by atoms with van der Waals surface area (Å²) in [6.45, 7) is 2.48. The standard InChI is InChI=1S/C23H20N2O3S/c1-3-28-19-11-8-15(12-20(19)27-2)13-21-22(26)25-23(29-21)24-18-10-9-16-6-4-5-7-17(16)14-18/h4-14H,3H2,1-2H3,(H,24,25,26)/b21-13-. The van der Waals surface area contributed by atoms with Gasteiger partial charge in [0, 0.05) is 0 Å². The maximum Gasteiger partial charge on any atom is 0.264 e. The van der Waals surface area contributed by atoms with Crippen molar-refractivity contribution in [1.82, 2.24) is 5.32 Å². The van der Waals surface area contributed by atoms with Gasteiger partial charge in [-0.1, -0.05) is 36.4 Å². The second-order valence-corrected chi connectivity index (χ2v) is 7.39. The summed E-state index contributed by atoms with van der Waals surface area (Å²) >= 11 is 1.32. The number of amidine groups is 1. The molecule has 1 aliphatic rings. The smallest absolute Gasteiger partial charge is 0.264 e. The molecule has 1 heterocycles. The van der Waals surface area contributed by atoms with E-state index < -0.39 is 0 Å². The van der Waals surface area contributed by atoms with Crippen LogP contribution < -0.4 is 14.8 Å². The van der Waals surface area contributed by atoms with Crippen molar-refractivity contribution in [2.75, 3.05) is 13.7 Å². The van der Waals surface area contributed by atoms with E-state index in [0.717, 1.165) is 22.0 Å². The molecule has 0 radical (unpaired) electrons. The third kappa shape index (κ3) is 4.27. The van der Waals surface area contributed by atoms with Crippen molar-refractivity contribution in [1.29, 1.82) is 0 Å². The van der Waals surface area contributed by atoms with E-state index in [1.54, 1.807) is 7.11 Å². The molecule has 0 aliphatic carbocycles. The molecule has 1 amide bonds. The largest absolute Gasteiger partial charge is 0.493 e. The molecule has 3 aromatic rings. The highest BCUT2D eigenvalue weighted by Gasteiger charge is 2.24. The lowest BCUT2D eigenvalue weighted by atomic mass is 10.1. The lowest BCUT2D eigenvalue weighted by Crippen LogP contribution is -2.19. The van der Waals surface area contributed by atoms with Crippen LogP contribution in [0.25, 0.3) is 16.8 Å². The number of hydrogen-bond acceptors (Lipinski definition) is 5. The highest BCUT2D eigenvalue weighted by molar-refractivity contribution is 8.18. The minimum Gasteiger partial charge on any atom is -0.493 e. The Morgan fingerprint density at radius 3 is 2.66 bits per heavy atom. The van der Waals surface area contributed by atoms with Crippen LogP contribution in [0.3, 0.4) is 0 Å². The first-order valence-corrected chi connectivity index (χ1v) is 10.1. The van der Waals surface area contributed by atoms with E-state index in [-0.39, 0.29) is 5.91 Å². The van der Waals surface area contributed by atoms with E-state index in [4.69, 9.17) is 9.47 Å². The van der Waals surface area contributed by atoms with Crippen LogP contribution in [-0.2, 0) is 4.79 Å². The van der Waals surface area contributed by atoms with Crippen LogP contribution in [-0.4, -0.2) is 24.8 Å². The molecule has 146 valence electrons. The summed E-state index contributed by atoms with van der Waals surface area (Å²) in [5.74, 6) is 1.15. The third-order valence-corrected chi connectivity index (χ3v) is 5.31. The van der Waals surface area contributed by atoms with Crippen molar-refractivity contribution in [3.8, 4) is 11.5 Å². The Bertz CT molecular complexity index is 1140. The molecule has 0 atom stereocenters. The van der Waals surface area contributed by atoms with Gasteiger partial charge in [-0.3, -0.25) is 4.79 Å². The number of rotatable bonds is 5. The molecule has 0 saturated carbocycles. The maximum atomic E-state index is 12.4. The van der Waals surface area contributed by atoms with Crippen molar-refractivity contribution in [2.45, 2.75) is 6.92 Å². The molecule has 1 aliphatic heterocycles. The molecular weight excluding hydrogens is 384 g/mol. The highest BCUT2D eigenvalue weighted by Crippen LogP contribution is 2.32. The van der Waals surface area contributed by atoms with Gasteiger partial charge in [-0.05, 0) is 65.4 Å². The van der Waals surface area contributed by atoms with Crippen LogP contribution in [0.5, 0.6) is 11.5 Å². The predicted molar refractivity (Wildman–Crippen MR) is 119 cm³/mol. The van der Waals surface area contributed by atoms with E-state index in [1.807, 2.05) is 67.6 Å². The molecule has 1 N–H and O–H groups in total. The molecule has 1 fully saturated rings. The number of ether oxygens (including phenoxy) is 2. The molecule has 6 heteroatoms. The second kappa shape index (κ2) is 8.41. The number of methoxy groups -OCH3 is 1. The molecule has 0 bridgehead atoms. The van der Waals surface area contributed by atoms with Crippen molar-refractivity contribution in [2.24, 2.45) is 4.99 Å². The monoisotopic (exact) mass is 404 g/mol. The molecular formula is C23H20N2O3S. The first kappa shape index (κ1) is 19.1. The van der Waals surface area contributed by atoms with Crippen LogP contribution in [0.2, 0.25) is 0 Å². The number of amides is 1. The first-order valence-electron chi connectivity index (χ1n) is 9.25. The summed E-state index contributed by atoms with van der Waals surface area (Å²) in [5.41, 5.74) is 1.66. The molecule has 0 spiro atoms. The minimum absolute atomic E-state index is 0.164. The van der Waals surface area contributed by atoms with Crippen molar-refractivity contribution < 1.29 is 14.3 Å². The Balaban J connectivity index is 1.57. The molecule has 0 unspecified atom stereocenters. The van der Waals surface area contributed by atoms with Gasteiger partial charge in [-0.25, -0.2) is 4.99 Å². The lowest BCUT2D eigenvalue weighted by molar-refractivity contribution is -0.115. The van der Waals surface area contributed by atoms with Gasteiger partial charge in [-0.2, -0.15) is 0 Å². The van der Waals surface area contributed by atoms with Crippen LogP contribution >= 0.6 is 11.8 Å². The molecule has 3 aromatic carbocycles. The van der Waals surface area contributed by atoms with E-state index in [1.165, 1.54) is 11.8 Å². The van der Waals surface area contributed by atoms with Crippen LogP contribution in [0.1, 0.15) is 12.5 Å². The van der Waals surface area contributed by atoms with E-state index >= 15 is 0 Å². The average Bonchev–Trinajstić information content (AvgIpc) is 3.07.